The number of thioether (sulfide) groups is 1. The number of amides is 1. The van der Waals surface area contributed by atoms with E-state index in [1.807, 2.05) is 48.5 Å². The lowest BCUT2D eigenvalue weighted by atomic mass is 10.1. The lowest BCUT2D eigenvalue weighted by molar-refractivity contribution is 0.0947. The molecule has 150 valence electrons. The van der Waals surface area contributed by atoms with Gasteiger partial charge in [0.1, 0.15) is 12.0 Å². The van der Waals surface area contributed by atoms with E-state index < -0.39 is 0 Å². The molecule has 1 aromatic heterocycles. The highest BCUT2D eigenvalue weighted by Crippen LogP contribution is 2.39. The summed E-state index contributed by atoms with van der Waals surface area (Å²) in [5, 5.41) is 3.61. The smallest absolute Gasteiger partial charge is 0.251 e. The summed E-state index contributed by atoms with van der Waals surface area (Å²) >= 11 is 8.11. The molecule has 0 radical (unpaired) electrons. The first kappa shape index (κ1) is 19.9. The van der Waals surface area contributed by atoms with Crippen LogP contribution in [0.2, 0.25) is 5.02 Å². The fraction of sp³-hybridized carbons (Fsp3) is 0.227. The molecule has 1 amide bonds. The van der Waals surface area contributed by atoms with Crippen LogP contribution in [0.4, 0.5) is 5.69 Å². The molecule has 7 heteroatoms. The number of carbonyl (C=O) groups excluding carboxylic acids is 1. The standard InChI is InChI=1S/C22H21ClN2O3S/c1-27-21-14-29-20-9-8-15(22(26)24-12-17-6-4-10-28-17)11-19(20)25(21)13-16-5-2-3-7-18(16)23/h2-11,21H,12-14H2,1H3,(H,24,26). The van der Waals surface area contributed by atoms with Gasteiger partial charge in [-0.15, -0.1) is 11.8 Å². The zero-order valence-corrected chi connectivity index (χ0v) is 17.5. The number of methoxy groups -OCH3 is 1. The number of rotatable bonds is 6. The Bertz CT molecular complexity index is 993. The van der Waals surface area contributed by atoms with Gasteiger partial charge in [0.25, 0.3) is 5.91 Å². The SMILES string of the molecule is COC1CSc2ccc(C(=O)NCc3ccco3)cc2N1Cc1ccccc1Cl. The van der Waals surface area contributed by atoms with E-state index in [4.69, 9.17) is 20.8 Å². The van der Waals surface area contributed by atoms with Crippen molar-refractivity contribution in [2.45, 2.75) is 24.2 Å². The molecule has 0 spiro atoms. The molecule has 0 aliphatic carbocycles. The van der Waals surface area contributed by atoms with Crippen LogP contribution in [0.3, 0.4) is 0 Å². The molecule has 0 saturated carbocycles. The van der Waals surface area contributed by atoms with E-state index in [-0.39, 0.29) is 12.1 Å². The van der Waals surface area contributed by atoms with E-state index in [0.29, 0.717) is 24.4 Å². The van der Waals surface area contributed by atoms with Crippen LogP contribution in [-0.4, -0.2) is 25.0 Å². The van der Waals surface area contributed by atoms with Crippen LogP contribution in [0, 0.1) is 0 Å². The molecule has 0 bridgehead atoms. The number of anilines is 1. The fourth-order valence-electron chi connectivity index (χ4n) is 3.29. The number of halogens is 1. The molecule has 1 unspecified atom stereocenters. The Morgan fingerprint density at radius 2 is 2.14 bits per heavy atom. The minimum absolute atomic E-state index is 0.106. The summed E-state index contributed by atoms with van der Waals surface area (Å²) in [5.74, 6) is 1.37. The molecule has 1 aliphatic heterocycles. The largest absolute Gasteiger partial charge is 0.467 e. The molecule has 2 aromatic carbocycles. The molecular weight excluding hydrogens is 408 g/mol. The van der Waals surface area contributed by atoms with Crippen LogP contribution in [0.15, 0.2) is 70.2 Å². The number of carbonyl (C=O) groups is 1. The number of fused-ring (bicyclic) bond motifs is 1. The van der Waals surface area contributed by atoms with Gasteiger partial charge in [0, 0.05) is 34.9 Å². The molecule has 1 aliphatic rings. The molecule has 4 rings (SSSR count). The van der Waals surface area contributed by atoms with Gasteiger partial charge < -0.3 is 19.4 Å². The van der Waals surface area contributed by atoms with E-state index >= 15 is 0 Å². The molecule has 3 aromatic rings. The number of hydrogen-bond acceptors (Lipinski definition) is 5. The molecule has 1 N–H and O–H groups in total. The topological polar surface area (TPSA) is 54.7 Å². The predicted octanol–water partition coefficient (Wildman–Crippen LogP) is 4.95. The van der Waals surface area contributed by atoms with Crippen LogP contribution in [0.5, 0.6) is 0 Å². The second-order valence-electron chi connectivity index (χ2n) is 6.67. The number of hydrogen-bond donors (Lipinski definition) is 1. The Hall–Kier alpha value is -2.41. The highest BCUT2D eigenvalue weighted by Gasteiger charge is 2.28. The number of benzene rings is 2. The summed E-state index contributed by atoms with van der Waals surface area (Å²) in [6.07, 6.45) is 1.49. The minimum atomic E-state index is -0.147. The maximum Gasteiger partial charge on any atom is 0.251 e. The van der Waals surface area contributed by atoms with E-state index in [2.05, 4.69) is 10.2 Å². The third-order valence-electron chi connectivity index (χ3n) is 4.83. The maximum atomic E-state index is 12.7. The number of furan rings is 1. The second-order valence-corrected chi connectivity index (χ2v) is 8.13. The summed E-state index contributed by atoms with van der Waals surface area (Å²) in [6.45, 7) is 0.949. The Kier molecular flexibility index (Phi) is 6.13. The van der Waals surface area contributed by atoms with E-state index in [1.165, 1.54) is 0 Å². The van der Waals surface area contributed by atoms with Crippen molar-refractivity contribution in [1.82, 2.24) is 5.32 Å². The average molecular weight is 429 g/mol. The first-order valence-corrected chi connectivity index (χ1v) is 10.6. The molecule has 29 heavy (non-hydrogen) atoms. The van der Waals surface area contributed by atoms with E-state index in [0.717, 1.165) is 26.9 Å². The van der Waals surface area contributed by atoms with Gasteiger partial charge >= 0.3 is 0 Å². The zero-order valence-electron chi connectivity index (χ0n) is 15.9. The molecule has 2 heterocycles. The van der Waals surface area contributed by atoms with Crippen LogP contribution >= 0.6 is 23.4 Å². The minimum Gasteiger partial charge on any atom is -0.467 e. The average Bonchev–Trinajstić information content (AvgIpc) is 3.27. The number of nitrogens with zero attached hydrogens (tertiary/aromatic N) is 1. The van der Waals surface area contributed by atoms with Crippen LogP contribution in [0.25, 0.3) is 0 Å². The van der Waals surface area contributed by atoms with Gasteiger partial charge in [-0.3, -0.25) is 4.79 Å². The van der Waals surface area contributed by atoms with Crippen LogP contribution in [0.1, 0.15) is 21.7 Å². The summed E-state index contributed by atoms with van der Waals surface area (Å²) < 4.78 is 11.0. The van der Waals surface area contributed by atoms with Crippen molar-refractivity contribution in [1.29, 1.82) is 0 Å². The van der Waals surface area contributed by atoms with Crippen molar-refractivity contribution in [3.05, 3.63) is 82.8 Å². The van der Waals surface area contributed by atoms with Crippen molar-refractivity contribution in [3.63, 3.8) is 0 Å². The summed E-state index contributed by atoms with van der Waals surface area (Å²) in [4.78, 5) is 15.9. The van der Waals surface area contributed by atoms with Gasteiger partial charge in [0.05, 0.1) is 18.5 Å². The zero-order chi connectivity index (χ0) is 20.2. The predicted molar refractivity (Wildman–Crippen MR) is 115 cm³/mol. The lowest BCUT2D eigenvalue weighted by Crippen LogP contribution is -2.41. The van der Waals surface area contributed by atoms with Crippen molar-refractivity contribution < 1.29 is 13.9 Å². The first-order valence-electron chi connectivity index (χ1n) is 9.26. The highest BCUT2D eigenvalue weighted by molar-refractivity contribution is 7.99. The third-order valence-corrected chi connectivity index (χ3v) is 6.31. The molecule has 0 fully saturated rings. The molecule has 5 nitrogen and oxygen atoms in total. The van der Waals surface area contributed by atoms with Crippen molar-refractivity contribution >= 4 is 35.0 Å². The van der Waals surface area contributed by atoms with Gasteiger partial charge in [-0.2, -0.15) is 0 Å². The number of nitrogens with one attached hydrogen (secondary N) is 1. The Balaban J connectivity index is 1.59. The highest BCUT2D eigenvalue weighted by atomic mass is 35.5. The van der Waals surface area contributed by atoms with Gasteiger partial charge in [-0.05, 0) is 42.0 Å². The Morgan fingerprint density at radius 1 is 1.28 bits per heavy atom. The normalized spacial score (nSPS) is 15.8. The maximum absolute atomic E-state index is 12.7. The van der Waals surface area contributed by atoms with E-state index in [1.54, 1.807) is 31.2 Å². The molecule has 0 saturated heterocycles. The van der Waals surface area contributed by atoms with Crippen molar-refractivity contribution in [2.75, 3.05) is 17.8 Å². The molecular formula is C22H21ClN2O3S. The summed E-state index contributed by atoms with van der Waals surface area (Å²) in [6, 6.07) is 17.2. The van der Waals surface area contributed by atoms with Gasteiger partial charge in [0.2, 0.25) is 0 Å². The summed E-state index contributed by atoms with van der Waals surface area (Å²) in [7, 11) is 1.70. The monoisotopic (exact) mass is 428 g/mol. The Morgan fingerprint density at radius 3 is 2.90 bits per heavy atom. The quantitative estimate of drug-likeness (QED) is 0.602. The first-order chi connectivity index (χ1) is 14.2. The van der Waals surface area contributed by atoms with Crippen LogP contribution in [-0.2, 0) is 17.8 Å². The number of ether oxygens (including phenoxy) is 1. The fourth-order valence-corrected chi connectivity index (χ4v) is 4.61. The third kappa shape index (κ3) is 4.45. The Labute approximate surface area is 179 Å². The van der Waals surface area contributed by atoms with Crippen molar-refractivity contribution in [2.24, 2.45) is 0 Å². The van der Waals surface area contributed by atoms with Gasteiger partial charge in [-0.25, -0.2) is 0 Å². The summed E-state index contributed by atoms with van der Waals surface area (Å²) in [5.41, 5.74) is 2.58. The second kappa shape index (κ2) is 8.95. The van der Waals surface area contributed by atoms with Crippen LogP contribution < -0.4 is 10.2 Å². The van der Waals surface area contributed by atoms with Gasteiger partial charge in [0.15, 0.2) is 0 Å². The van der Waals surface area contributed by atoms with E-state index in [9.17, 15) is 4.79 Å². The van der Waals surface area contributed by atoms with Crippen molar-refractivity contribution in [3.8, 4) is 0 Å². The molecule has 1 atom stereocenters. The van der Waals surface area contributed by atoms with Gasteiger partial charge in [-0.1, -0.05) is 29.8 Å². The lowest BCUT2D eigenvalue weighted by Gasteiger charge is -2.38.